The molecule has 1 heterocycles. The third-order valence-electron chi connectivity index (χ3n) is 6.55. The lowest BCUT2D eigenvalue weighted by atomic mass is 9.99. The van der Waals surface area contributed by atoms with E-state index < -0.39 is 0 Å². The van der Waals surface area contributed by atoms with Crippen LogP contribution < -0.4 is 21.7 Å². The Morgan fingerprint density at radius 2 is 0.675 bits per heavy atom. The summed E-state index contributed by atoms with van der Waals surface area (Å²) in [7, 11) is 0. The second-order valence-electron chi connectivity index (χ2n) is 8.34. The molecule has 0 radical (unpaired) electrons. The molecule has 6 nitrogen and oxygen atoms in total. The first-order valence-electron chi connectivity index (χ1n) is 13.7. The molecule has 0 saturated carbocycles. The van der Waals surface area contributed by atoms with Gasteiger partial charge in [-0.15, -0.1) is 0 Å². The Morgan fingerprint density at radius 1 is 0.375 bits per heavy atom. The van der Waals surface area contributed by atoms with Gasteiger partial charge in [0.25, 0.3) is 0 Å². The summed E-state index contributed by atoms with van der Waals surface area (Å²) >= 11 is 0. The van der Waals surface area contributed by atoms with E-state index in [0.29, 0.717) is 43.6 Å². The van der Waals surface area contributed by atoms with E-state index in [1.165, 1.54) is 0 Å². The fourth-order valence-corrected chi connectivity index (χ4v) is 4.96. The zero-order chi connectivity index (χ0) is 29.1. The molecular weight excluding hydrogens is 500 g/mol. The quantitative estimate of drug-likeness (QED) is 0.158. The van der Waals surface area contributed by atoms with Crippen molar-refractivity contribution in [1.29, 1.82) is 0 Å². The van der Waals surface area contributed by atoms with Crippen LogP contribution in [0, 0.1) is 0 Å². The van der Waals surface area contributed by atoms with Gasteiger partial charge in [-0.25, -0.2) is 9.97 Å². The van der Waals surface area contributed by atoms with Crippen LogP contribution in [0.5, 0.6) is 0 Å². The maximum atomic E-state index is 13.3. The number of aromatic nitrogens is 2. The summed E-state index contributed by atoms with van der Waals surface area (Å²) in [5.74, 6) is 0. The third-order valence-corrected chi connectivity index (χ3v) is 6.55. The van der Waals surface area contributed by atoms with Gasteiger partial charge in [-0.1, -0.05) is 90.1 Å². The normalized spacial score (nSPS) is 10.7. The standard InChI is InChI=1S/C28H12N2O4.3C2H6/c31-25-13-5-1-3-7-15(13)27(33)21-17(25)9-11-19-23(21)29-20-12-10-18-22(24(20)30-19)28(34)16-8-4-2-6-14(16)26(18)32;3*1-2/h1-12H;3*1-2H3. The Hall–Kier alpha value is -4.84. The van der Waals surface area contributed by atoms with Gasteiger partial charge >= 0.3 is 0 Å². The molecule has 0 fully saturated rings. The van der Waals surface area contributed by atoms with Crippen LogP contribution in [-0.4, -0.2) is 9.97 Å². The predicted octanol–water partition coefficient (Wildman–Crippen LogP) is 6.79. The number of rotatable bonds is 0. The lowest BCUT2D eigenvalue weighted by Crippen LogP contribution is -2.14. The van der Waals surface area contributed by atoms with Crippen molar-refractivity contribution in [2.45, 2.75) is 41.5 Å². The molecule has 1 aromatic heterocycles. The van der Waals surface area contributed by atoms with Gasteiger partial charge in [0.1, 0.15) is 11.0 Å². The van der Waals surface area contributed by atoms with Crippen molar-refractivity contribution in [3.8, 4) is 0 Å². The van der Waals surface area contributed by atoms with Gasteiger partial charge in [0.05, 0.1) is 21.8 Å². The second kappa shape index (κ2) is 11.5. The highest BCUT2D eigenvalue weighted by molar-refractivity contribution is 6.14. The lowest BCUT2D eigenvalue weighted by molar-refractivity contribution is 1.41. The predicted molar refractivity (Wildman–Crippen MR) is 169 cm³/mol. The maximum absolute atomic E-state index is 13.3. The van der Waals surface area contributed by atoms with E-state index in [0.717, 1.165) is 0 Å². The molecular formula is C34H30N2O4. The van der Waals surface area contributed by atoms with Crippen molar-refractivity contribution in [3.05, 3.63) is 114 Å². The molecule has 0 unspecified atom stereocenters. The Kier molecular flexibility index (Phi) is 8.10. The Bertz CT molecular complexity index is 2100. The molecule has 0 atom stereocenters. The van der Waals surface area contributed by atoms with Crippen molar-refractivity contribution >= 4 is 65.2 Å². The van der Waals surface area contributed by atoms with Gasteiger partial charge in [-0.2, -0.15) is 0 Å². The molecule has 6 aromatic carbocycles. The Labute approximate surface area is 230 Å². The molecule has 0 N–H and O–H groups in total. The van der Waals surface area contributed by atoms with E-state index in [2.05, 4.69) is 9.97 Å². The maximum Gasteiger partial charge on any atom is 0.196 e. The second-order valence-corrected chi connectivity index (χ2v) is 8.34. The molecule has 40 heavy (non-hydrogen) atoms. The molecule has 0 spiro atoms. The number of hydrogen-bond acceptors (Lipinski definition) is 6. The molecule has 0 aliphatic rings. The van der Waals surface area contributed by atoms with Gasteiger partial charge in [0.2, 0.25) is 0 Å². The van der Waals surface area contributed by atoms with Crippen LogP contribution in [0.2, 0.25) is 0 Å². The fourth-order valence-electron chi connectivity index (χ4n) is 4.96. The van der Waals surface area contributed by atoms with E-state index in [1.54, 1.807) is 72.8 Å². The average molecular weight is 531 g/mol. The van der Waals surface area contributed by atoms with Crippen LogP contribution in [0.1, 0.15) is 41.5 Å². The molecule has 7 rings (SSSR count). The van der Waals surface area contributed by atoms with Gasteiger partial charge in [0, 0.05) is 32.3 Å². The van der Waals surface area contributed by atoms with Crippen molar-refractivity contribution in [2.75, 3.05) is 0 Å². The minimum atomic E-state index is -0.289. The highest BCUT2D eigenvalue weighted by Gasteiger charge is 2.18. The number of benzene rings is 6. The highest BCUT2D eigenvalue weighted by atomic mass is 16.1. The molecule has 0 saturated heterocycles. The van der Waals surface area contributed by atoms with Gasteiger partial charge in [-0.05, 0) is 24.3 Å². The molecule has 200 valence electrons. The fraction of sp³-hybridized carbons (Fsp3) is 0.176. The van der Waals surface area contributed by atoms with E-state index in [9.17, 15) is 19.2 Å². The van der Waals surface area contributed by atoms with Crippen molar-refractivity contribution in [2.24, 2.45) is 0 Å². The van der Waals surface area contributed by atoms with Crippen molar-refractivity contribution < 1.29 is 0 Å². The van der Waals surface area contributed by atoms with Crippen LogP contribution >= 0.6 is 0 Å². The van der Waals surface area contributed by atoms with Crippen LogP contribution in [0.4, 0.5) is 0 Å². The Balaban J connectivity index is 0.000000580. The van der Waals surface area contributed by atoms with Crippen LogP contribution in [-0.2, 0) is 0 Å². The first-order valence-corrected chi connectivity index (χ1v) is 13.7. The smallest absolute Gasteiger partial charge is 0.196 e. The Morgan fingerprint density at radius 3 is 1.00 bits per heavy atom. The molecule has 0 aliphatic carbocycles. The minimum Gasteiger partial charge on any atom is -0.289 e. The zero-order valence-corrected chi connectivity index (χ0v) is 23.5. The molecule has 0 amide bonds. The summed E-state index contributed by atoms with van der Waals surface area (Å²) in [6.45, 7) is 12.0. The van der Waals surface area contributed by atoms with Gasteiger partial charge in [-0.3, -0.25) is 19.2 Å². The van der Waals surface area contributed by atoms with E-state index >= 15 is 0 Å². The number of fused-ring (bicyclic) bond motifs is 8. The molecule has 7 aromatic rings. The van der Waals surface area contributed by atoms with Crippen molar-refractivity contribution in [3.63, 3.8) is 0 Å². The number of nitrogens with zero attached hydrogens (tertiary/aromatic N) is 2. The van der Waals surface area contributed by atoms with Crippen LogP contribution in [0.25, 0.3) is 65.2 Å². The van der Waals surface area contributed by atoms with E-state index in [-0.39, 0.29) is 43.3 Å². The summed E-state index contributed by atoms with van der Waals surface area (Å²) in [4.78, 5) is 62.2. The summed E-state index contributed by atoms with van der Waals surface area (Å²) in [5.41, 5.74) is 0.290. The first-order chi connectivity index (χ1) is 19.5. The largest absolute Gasteiger partial charge is 0.289 e. The lowest BCUT2D eigenvalue weighted by Gasteiger charge is -2.08. The highest BCUT2D eigenvalue weighted by Crippen LogP contribution is 2.26. The molecule has 0 bridgehead atoms. The average Bonchev–Trinajstić information content (AvgIpc) is 3.03. The molecule has 6 heteroatoms. The van der Waals surface area contributed by atoms with Crippen LogP contribution in [0.3, 0.4) is 0 Å². The summed E-state index contributed by atoms with van der Waals surface area (Å²) < 4.78 is 0. The summed E-state index contributed by atoms with van der Waals surface area (Å²) in [5, 5.41) is 2.37. The SMILES string of the molecule is CC.CC.CC.O=c1c2ccccc2c(=O)c2c1ccc1nc3c(ccc4c(=O)c5ccccc5c(=O)c43)nc12. The summed E-state index contributed by atoms with van der Waals surface area (Å²) in [6, 6.07) is 19.8. The van der Waals surface area contributed by atoms with Gasteiger partial charge in [0.15, 0.2) is 21.7 Å². The van der Waals surface area contributed by atoms with E-state index in [1.807, 2.05) is 41.5 Å². The molecule has 0 aliphatic heterocycles. The van der Waals surface area contributed by atoms with Crippen LogP contribution in [0.15, 0.2) is 92.0 Å². The third kappa shape index (κ3) is 4.13. The van der Waals surface area contributed by atoms with Crippen molar-refractivity contribution in [1.82, 2.24) is 9.97 Å². The van der Waals surface area contributed by atoms with Gasteiger partial charge < -0.3 is 0 Å². The first kappa shape index (κ1) is 28.2. The monoisotopic (exact) mass is 530 g/mol. The minimum absolute atomic E-state index is 0.209. The topological polar surface area (TPSA) is 94.1 Å². The van der Waals surface area contributed by atoms with E-state index in [4.69, 9.17) is 0 Å². The zero-order valence-electron chi connectivity index (χ0n) is 23.5. The number of hydrogen-bond donors (Lipinski definition) is 0. The summed E-state index contributed by atoms with van der Waals surface area (Å²) in [6.07, 6.45) is 0.